The van der Waals surface area contributed by atoms with Gasteiger partial charge in [0.05, 0.1) is 11.4 Å². The monoisotopic (exact) mass is 265 g/mol. The van der Waals surface area contributed by atoms with Crippen LogP contribution in [0.3, 0.4) is 0 Å². The maximum Gasteiger partial charge on any atom is 0.324 e. The number of aryl methyl sites for hydroxylation is 1. The van der Waals surface area contributed by atoms with Crippen LogP contribution in [0.4, 0.5) is 22.0 Å². The van der Waals surface area contributed by atoms with Crippen LogP contribution in [-0.4, -0.2) is 16.2 Å². The van der Waals surface area contributed by atoms with Crippen LogP contribution >= 0.6 is 11.6 Å². The molecule has 0 bridgehead atoms. The summed E-state index contributed by atoms with van der Waals surface area (Å²) in [6, 6.07) is 6.39. The molecule has 2 rings (SSSR count). The van der Waals surface area contributed by atoms with Gasteiger partial charge in [0.2, 0.25) is 0 Å². The Morgan fingerprint density at radius 3 is 2.83 bits per heavy atom. The third-order valence-electron chi connectivity index (χ3n) is 2.31. The molecular weight excluding hydrogens is 254 g/mol. The van der Waals surface area contributed by atoms with Crippen molar-refractivity contribution in [2.45, 2.75) is 6.92 Å². The second kappa shape index (κ2) is 4.97. The number of benzene rings is 1. The van der Waals surface area contributed by atoms with Gasteiger partial charge in [-0.2, -0.15) is 5.10 Å². The first-order valence-corrected chi connectivity index (χ1v) is 5.58. The highest BCUT2D eigenvalue weighted by Crippen LogP contribution is 2.19. The molecule has 0 spiro atoms. The molecule has 0 saturated carbocycles. The highest BCUT2D eigenvalue weighted by molar-refractivity contribution is 6.30. The van der Waals surface area contributed by atoms with Gasteiger partial charge in [0.1, 0.15) is 0 Å². The lowest BCUT2D eigenvalue weighted by Gasteiger charge is -2.06. The van der Waals surface area contributed by atoms with Crippen LogP contribution in [0.25, 0.3) is 0 Å². The summed E-state index contributed by atoms with van der Waals surface area (Å²) in [5.41, 5.74) is 7.41. The SMILES string of the molecule is Cc1[nH]nc(NC(=O)Nc2cccc(Cl)c2)c1N. The number of H-pyrrole nitrogens is 1. The molecule has 7 heteroatoms. The number of carbonyl (C=O) groups is 1. The number of urea groups is 1. The Labute approximate surface area is 109 Å². The summed E-state index contributed by atoms with van der Waals surface area (Å²) < 4.78 is 0. The number of amides is 2. The van der Waals surface area contributed by atoms with Gasteiger partial charge in [0, 0.05) is 10.7 Å². The van der Waals surface area contributed by atoms with Crippen molar-refractivity contribution in [1.29, 1.82) is 0 Å². The second-order valence-electron chi connectivity index (χ2n) is 3.70. The van der Waals surface area contributed by atoms with Crippen LogP contribution in [0.15, 0.2) is 24.3 Å². The summed E-state index contributed by atoms with van der Waals surface area (Å²) in [7, 11) is 0. The van der Waals surface area contributed by atoms with Gasteiger partial charge < -0.3 is 11.1 Å². The predicted molar refractivity (Wildman–Crippen MR) is 71.8 cm³/mol. The Hall–Kier alpha value is -2.21. The van der Waals surface area contributed by atoms with Gasteiger partial charge in [-0.15, -0.1) is 0 Å². The summed E-state index contributed by atoms with van der Waals surface area (Å²) in [6.07, 6.45) is 0. The fourth-order valence-electron chi connectivity index (χ4n) is 1.37. The van der Waals surface area contributed by atoms with Crippen molar-refractivity contribution >= 4 is 34.8 Å². The molecule has 5 N–H and O–H groups in total. The Kier molecular flexibility index (Phi) is 3.38. The van der Waals surface area contributed by atoms with E-state index in [4.69, 9.17) is 17.3 Å². The van der Waals surface area contributed by atoms with Crippen molar-refractivity contribution in [2.75, 3.05) is 16.4 Å². The van der Waals surface area contributed by atoms with E-state index in [2.05, 4.69) is 20.8 Å². The largest absolute Gasteiger partial charge is 0.394 e. The van der Waals surface area contributed by atoms with E-state index in [0.29, 0.717) is 27.9 Å². The minimum Gasteiger partial charge on any atom is -0.394 e. The molecule has 0 atom stereocenters. The van der Waals surface area contributed by atoms with E-state index in [1.165, 1.54) is 0 Å². The molecular formula is C11H12ClN5O. The summed E-state index contributed by atoms with van der Waals surface area (Å²) in [5, 5.41) is 12.2. The first kappa shape index (κ1) is 12.3. The Morgan fingerprint density at radius 1 is 1.44 bits per heavy atom. The number of nitrogens with one attached hydrogen (secondary N) is 3. The van der Waals surface area contributed by atoms with Crippen LogP contribution in [-0.2, 0) is 0 Å². The van der Waals surface area contributed by atoms with Crippen molar-refractivity contribution in [3.8, 4) is 0 Å². The zero-order valence-electron chi connectivity index (χ0n) is 9.62. The van der Waals surface area contributed by atoms with Crippen molar-refractivity contribution in [3.63, 3.8) is 0 Å². The molecule has 0 unspecified atom stereocenters. The summed E-state index contributed by atoms with van der Waals surface area (Å²) in [6.45, 7) is 1.77. The molecule has 94 valence electrons. The lowest BCUT2D eigenvalue weighted by molar-refractivity contribution is 0.262. The molecule has 1 heterocycles. The number of nitrogens with two attached hydrogens (primary N) is 1. The van der Waals surface area contributed by atoms with E-state index in [1.54, 1.807) is 31.2 Å². The van der Waals surface area contributed by atoms with E-state index in [-0.39, 0.29) is 0 Å². The number of hydrogen-bond acceptors (Lipinski definition) is 3. The summed E-state index contributed by atoms with van der Waals surface area (Å²) in [4.78, 5) is 11.7. The number of nitrogens with zero attached hydrogens (tertiary/aromatic N) is 1. The van der Waals surface area contributed by atoms with Crippen molar-refractivity contribution in [1.82, 2.24) is 10.2 Å². The van der Waals surface area contributed by atoms with E-state index in [9.17, 15) is 4.79 Å². The Balaban J connectivity index is 2.03. The lowest BCUT2D eigenvalue weighted by Crippen LogP contribution is -2.20. The van der Waals surface area contributed by atoms with E-state index in [1.807, 2.05) is 0 Å². The molecule has 0 aliphatic rings. The van der Waals surface area contributed by atoms with E-state index in [0.717, 1.165) is 0 Å². The smallest absolute Gasteiger partial charge is 0.324 e. The van der Waals surface area contributed by atoms with Crippen molar-refractivity contribution in [3.05, 3.63) is 35.0 Å². The van der Waals surface area contributed by atoms with Gasteiger partial charge in [-0.3, -0.25) is 10.4 Å². The maximum absolute atomic E-state index is 11.7. The molecule has 6 nitrogen and oxygen atoms in total. The number of anilines is 3. The average Bonchev–Trinajstić information content (AvgIpc) is 2.61. The molecule has 18 heavy (non-hydrogen) atoms. The second-order valence-corrected chi connectivity index (χ2v) is 4.14. The molecule has 0 aliphatic heterocycles. The number of carbonyl (C=O) groups excluding carboxylic acids is 1. The molecule has 1 aromatic heterocycles. The zero-order chi connectivity index (χ0) is 13.1. The summed E-state index contributed by atoms with van der Waals surface area (Å²) in [5.74, 6) is 0.298. The van der Waals surface area contributed by atoms with Crippen LogP contribution in [0.1, 0.15) is 5.69 Å². The molecule has 2 aromatic rings. The number of aromatic nitrogens is 2. The molecule has 0 saturated heterocycles. The van der Waals surface area contributed by atoms with Crippen LogP contribution in [0, 0.1) is 6.92 Å². The minimum absolute atomic E-state index is 0.298. The molecule has 1 aromatic carbocycles. The topological polar surface area (TPSA) is 95.8 Å². The Morgan fingerprint density at radius 2 is 2.22 bits per heavy atom. The third-order valence-corrected chi connectivity index (χ3v) is 2.54. The van der Waals surface area contributed by atoms with Gasteiger partial charge in [0.15, 0.2) is 5.82 Å². The molecule has 0 fully saturated rings. The van der Waals surface area contributed by atoms with Crippen molar-refractivity contribution in [2.24, 2.45) is 0 Å². The van der Waals surface area contributed by atoms with E-state index < -0.39 is 6.03 Å². The minimum atomic E-state index is -0.435. The highest BCUT2D eigenvalue weighted by atomic mass is 35.5. The summed E-state index contributed by atoms with van der Waals surface area (Å²) >= 11 is 5.81. The van der Waals surface area contributed by atoms with Gasteiger partial charge in [-0.05, 0) is 25.1 Å². The standard InChI is InChI=1S/C11H12ClN5O/c1-6-9(13)10(17-16-6)15-11(18)14-8-4-2-3-7(12)5-8/h2-5H,13H2,1H3,(H3,14,15,16,17,18). The Bertz CT molecular complexity index is 581. The first-order valence-electron chi connectivity index (χ1n) is 5.20. The normalized spacial score (nSPS) is 10.1. The maximum atomic E-state index is 11.7. The quantitative estimate of drug-likeness (QED) is 0.672. The average molecular weight is 266 g/mol. The van der Waals surface area contributed by atoms with Crippen LogP contribution in [0.2, 0.25) is 5.02 Å². The molecule has 0 radical (unpaired) electrons. The predicted octanol–water partition coefficient (Wildman–Crippen LogP) is 2.60. The third kappa shape index (κ3) is 2.72. The van der Waals surface area contributed by atoms with Crippen molar-refractivity contribution < 1.29 is 4.79 Å². The van der Waals surface area contributed by atoms with Gasteiger partial charge in [-0.25, -0.2) is 4.79 Å². The number of nitrogen functional groups attached to an aromatic ring is 1. The van der Waals surface area contributed by atoms with Crippen LogP contribution < -0.4 is 16.4 Å². The zero-order valence-corrected chi connectivity index (χ0v) is 10.4. The van der Waals surface area contributed by atoms with Gasteiger partial charge in [0.25, 0.3) is 0 Å². The number of halogens is 1. The fourth-order valence-corrected chi connectivity index (χ4v) is 1.56. The van der Waals surface area contributed by atoms with Crippen LogP contribution in [0.5, 0.6) is 0 Å². The van der Waals surface area contributed by atoms with E-state index >= 15 is 0 Å². The number of hydrogen-bond donors (Lipinski definition) is 4. The first-order chi connectivity index (χ1) is 8.56. The van der Waals surface area contributed by atoms with Gasteiger partial charge in [-0.1, -0.05) is 17.7 Å². The van der Waals surface area contributed by atoms with Gasteiger partial charge >= 0.3 is 6.03 Å². The molecule has 0 aliphatic carbocycles. The molecule has 2 amide bonds. The number of rotatable bonds is 2. The highest BCUT2D eigenvalue weighted by Gasteiger charge is 2.10. The fraction of sp³-hybridized carbons (Fsp3) is 0.0909. The number of aromatic amines is 1. The lowest BCUT2D eigenvalue weighted by atomic mass is 10.3.